The first-order valence-corrected chi connectivity index (χ1v) is 7.99. The molecular formula is C19H12F3N3O2. The number of alkyl halides is 3. The minimum absolute atomic E-state index is 0.0724. The van der Waals surface area contributed by atoms with E-state index in [1.54, 1.807) is 10.8 Å². The van der Waals surface area contributed by atoms with Crippen molar-refractivity contribution in [2.45, 2.75) is 12.7 Å². The summed E-state index contributed by atoms with van der Waals surface area (Å²) in [6.45, 7) is 0.195. The van der Waals surface area contributed by atoms with Crippen LogP contribution in [-0.2, 0) is 12.7 Å². The van der Waals surface area contributed by atoms with E-state index in [-0.39, 0.29) is 23.8 Å². The van der Waals surface area contributed by atoms with Gasteiger partial charge in [0.25, 0.3) is 0 Å². The van der Waals surface area contributed by atoms with Crippen LogP contribution in [0.1, 0.15) is 21.8 Å². The molecule has 4 rings (SSSR count). The van der Waals surface area contributed by atoms with Crippen LogP contribution in [0.4, 0.5) is 13.2 Å². The maximum atomic E-state index is 12.9. The van der Waals surface area contributed by atoms with Gasteiger partial charge < -0.3 is 9.09 Å². The third kappa shape index (κ3) is 3.21. The number of nitrogens with zero attached hydrogens (tertiary/aromatic N) is 3. The molecule has 2 heterocycles. The van der Waals surface area contributed by atoms with Gasteiger partial charge in [-0.25, -0.2) is 0 Å². The van der Waals surface area contributed by atoms with Crippen molar-refractivity contribution in [2.24, 2.45) is 0 Å². The molecule has 0 saturated heterocycles. The van der Waals surface area contributed by atoms with E-state index in [1.807, 2.05) is 24.3 Å². The van der Waals surface area contributed by atoms with Gasteiger partial charge in [-0.2, -0.15) is 18.2 Å². The Labute approximate surface area is 151 Å². The molecule has 0 radical (unpaired) electrons. The van der Waals surface area contributed by atoms with E-state index in [9.17, 15) is 18.0 Å². The number of hydrogen-bond donors (Lipinski definition) is 0. The molecule has 0 aliphatic rings. The number of para-hydroxylation sites is 1. The lowest BCUT2D eigenvalue weighted by Crippen LogP contribution is -2.04. The highest BCUT2D eigenvalue weighted by Gasteiger charge is 2.30. The minimum Gasteiger partial charge on any atom is -0.337 e. The Bertz CT molecular complexity index is 1130. The van der Waals surface area contributed by atoms with Gasteiger partial charge in [0.15, 0.2) is 6.29 Å². The van der Waals surface area contributed by atoms with Gasteiger partial charge in [-0.1, -0.05) is 35.5 Å². The van der Waals surface area contributed by atoms with Gasteiger partial charge in [-0.3, -0.25) is 4.79 Å². The van der Waals surface area contributed by atoms with E-state index in [4.69, 9.17) is 4.52 Å². The molecule has 136 valence electrons. The van der Waals surface area contributed by atoms with E-state index in [2.05, 4.69) is 10.1 Å². The topological polar surface area (TPSA) is 60.9 Å². The third-order valence-electron chi connectivity index (χ3n) is 4.17. The molecule has 2 aromatic carbocycles. The first-order valence-electron chi connectivity index (χ1n) is 7.99. The standard InChI is InChI=1S/C19H12F3N3O2/c20-19(21,22)14-5-3-4-12(8-14)18-23-17(27-24-18)10-25-9-13(11-26)15-6-1-2-7-16(15)25/h1-9,11H,10H2. The van der Waals surface area contributed by atoms with Crippen molar-refractivity contribution in [1.29, 1.82) is 0 Å². The maximum Gasteiger partial charge on any atom is 0.416 e. The van der Waals surface area contributed by atoms with Crippen molar-refractivity contribution >= 4 is 17.2 Å². The normalized spacial score (nSPS) is 11.8. The van der Waals surface area contributed by atoms with E-state index < -0.39 is 11.7 Å². The Morgan fingerprint density at radius 1 is 1.11 bits per heavy atom. The molecule has 0 bridgehead atoms. The minimum atomic E-state index is -4.45. The van der Waals surface area contributed by atoms with Crippen molar-refractivity contribution < 1.29 is 22.5 Å². The lowest BCUT2D eigenvalue weighted by Gasteiger charge is -2.06. The molecule has 27 heavy (non-hydrogen) atoms. The predicted molar refractivity (Wildman–Crippen MR) is 91.2 cm³/mol. The number of aromatic nitrogens is 3. The Kier molecular flexibility index (Phi) is 4.02. The van der Waals surface area contributed by atoms with Gasteiger partial charge in [0.05, 0.1) is 5.56 Å². The van der Waals surface area contributed by atoms with Gasteiger partial charge in [0.1, 0.15) is 6.54 Å². The van der Waals surface area contributed by atoms with Crippen LogP contribution in [0, 0.1) is 0 Å². The van der Waals surface area contributed by atoms with Crippen molar-refractivity contribution in [3.8, 4) is 11.4 Å². The summed E-state index contributed by atoms with van der Waals surface area (Å²) >= 11 is 0. The molecule has 0 atom stereocenters. The highest BCUT2D eigenvalue weighted by molar-refractivity contribution is 5.97. The molecular weight excluding hydrogens is 359 g/mol. The summed E-state index contributed by atoms with van der Waals surface area (Å²) in [5.74, 6) is 0.295. The van der Waals surface area contributed by atoms with Gasteiger partial charge in [0, 0.05) is 28.2 Å². The quantitative estimate of drug-likeness (QED) is 0.493. The summed E-state index contributed by atoms with van der Waals surface area (Å²) in [6.07, 6.45) is -2.01. The number of carbonyl (C=O) groups excluding carboxylic acids is 1. The average molecular weight is 371 g/mol. The summed E-state index contributed by atoms with van der Waals surface area (Å²) in [7, 11) is 0. The largest absolute Gasteiger partial charge is 0.416 e. The fourth-order valence-corrected chi connectivity index (χ4v) is 2.92. The Hall–Kier alpha value is -3.42. The highest BCUT2D eigenvalue weighted by Crippen LogP contribution is 2.31. The number of hydrogen-bond acceptors (Lipinski definition) is 4. The Morgan fingerprint density at radius 2 is 1.93 bits per heavy atom. The number of carbonyl (C=O) groups is 1. The van der Waals surface area contributed by atoms with Crippen LogP contribution in [0.3, 0.4) is 0 Å². The summed E-state index contributed by atoms with van der Waals surface area (Å²) in [5, 5.41) is 4.57. The van der Waals surface area contributed by atoms with Crippen LogP contribution in [0.2, 0.25) is 0 Å². The van der Waals surface area contributed by atoms with Crippen molar-refractivity contribution in [2.75, 3.05) is 0 Å². The second-order valence-corrected chi connectivity index (χ2v) is 5.94. The molecule has 5 nitrogen and oxygen atoms in total. The highest BCUT2D eigenvalue weighted by atomic mass is 19.4. The average Bonchev–Trinajstić information content (AvgIpc) is 3.27. The monoisotopic (exact) mass is 371 g/mol. The fraction of sp³-hybridized carbons (Fsp3) is 0.105. The molecule has 0 fully saturated rings. The lowest BCUT2D eigenvalue weighted by atomic mass is 10.1. The predicted octanol–water partition coefficient (Wildman–Crippen LogP) is 4.57. The smallest absolute Gasteiger partial charge is 0.337 e. The molecule has 2 aromatic heterocycles. The van der Waals surface area contributed by atoms with E-state index in [0.29, 0.717) is 5.56 Å². The first kappa shape index (κ1) is 17.0. The van der Waals surface area contributed by atoms with Crippen molar-refractivity contribution in [3.05, 3.63) is 71.7 Å². The molecule has 0 amide bonds. The number of fused-ring (bicyclic) bond motifs is 1. The van der Waals surface area contributed by atoms with Crippen molar-refractivity contribution in [3.63, 3.8) is 0 Å². The summed E-state index contributed by atoms with van der Waals surface area (Å²) in [6, 6.07) is 12.1. The van der Waals surface area contributed by atoms with Crippen LogP contribution in [0.5, 0.6) is 0 Å². The number of halogens is 3. The van der Waals surface area contributed by atoms with Gasteiger partial charge >= 0.3 is 6.18 Å². The second kappa shape index (κ2) is 6.39. The summed E-state index contributed by atoms with van der Waals surface area (Å²) in [4.78, 5) is 15.4. The van der Waals surface area contributed by atoms with Crippen LogP contribution in [-0.4, -0.2) is 21.0 Å². The van der Waals surface area contributed by atoms with E-state index >= 15 is 0 Å². The molecule has 0 N–H and O–H groups in total. The molecule has 8 heteroatoms. The second-order valence-electron chi connectivity index (χ2n) is 5.94. The Balaban J connectivity index is 1.66. The van der Waals surface area contributed by atoms with Gasteiger partial charge in [-0.05, 0) is 18.2 Å². The van der Waals surface area contributed by atoms with Gasteiger partial charge in [-0.15, -0.1) is 0 Å². The third-order valence-corrected chi connectivity index (χ3v) is 4.17. The zero-order valence-corrected chi connectivity index (χ0v) is 13.8. The summed E-state index contributed by atoms with van der Waals surface area (Å²) in [5.41, 5.74) is 0.783. The van der Waals surface area contributed by atoms with Crippen molar-refractivity contribution in [1.82, 2.24) is 14.7 Å². The summed E-state index contributed by atoms with van der Waals surface area (Å²) < 4.78 is 45.6. The fourth-order valence-electron chi connectivity index (χ4n) is 2.92. The maximum absolute atomic E-state index is 12.9. The van der Waals surface area contributed by atoms with Gasteiger partial charge in [0.2, 0.25) is 11.7 Å². The molecule has 0 spiro atoms. The zero-order chi connectivity index (χ0) is 19.0. The van der Waals surface area contributed by atoms with Crippen LogP contribution >= 0.6 is 0 Å². The molecule has 0 saturated carbocycles. The number of aldehydes is 1. The lowest BCUT2D eigenvalue weighted by molar-refractivity contribution is -0.137. The molecule has 0 aliphatic carbocycles. The van der Waals surface area contributed by atoms with Crippen LogP contribution in [0.25, 0.3) is 22.3 Å². The van der Waals surface area contributed by atoms with Crippen LogP contribution < -0.4 is 0 Å². The van der Waals surface area contributed by atoms with E-state index in [1.165, 1.54) is 12.1 Å². The van der Waals surface area contributed by atoms with Crippen LogP contribution in [0.15, 0.2) is 59.3 Å². The van der Waals surface area contributed by atoms with E-state index in [0.717, 1.165) is 29.3 Å². The Morgan fingerprint density at radius 3 is 2.70 bits per heavy atom. The number of benzene rings is 2. The molecule has 0 aliphatic heterocycles. The molecule has 4 aromatic rings. The zero-order valence-electron chi connectivity index (χ0n) is 13.8. The number of rotatable bonds is 4. The molecule has 0 unspecified atom stereocenters. The first-order chi connectivity index (χ1) is 13.0. The SMILES string of the molecule is O=Cc1cn(Cc2nc(-c3cccc(C(F)(F)F)c3)no2)c2ccccc12.